The fourth-order valence-electron chi connectivity index (χ4n) is 2.89. The van der Waals surface area contributed by atoms with Gasteiger partial charge >= 0.3 is 0 Å². The summed E-state index contributed by atoms with van der Waals surface area (Å²) in [5.74, 6) is 0.662. The third-order valence-corrected chi connectivity index (χ3v) is 4.66. The van der Waals surface area contributed by atoms with E-state index in [0.29, 0.717) is 12.0 Å². The molecule has 0 aromatic heterocycles. The SMILES string of the molecule is CC(C)C(CNCc1cc(Cl)ccc1Cl)N1CCCC1. The monoisotopic (exact) mass is 314 g/mol. The van der Waals surface area contributed by atoms with Crippen LogP contribution >= 0.6 is 23.2 Å². The smallest absolute Gasteiger partial charge is 0.0451 e. The molecule has 0 bridgehead atoms. The number of rotatable bonds is 6. The summed E-state index contributed by atoms with van der Waals surface area (Å²) in [6.45, 7) is 8.86. The number of nitrogens with one attached hydrogen (secondary N) is 1. The molecule has 1 unspecified atom stereocenters. The van der Waals surface area contributed by atoms with E-state index in [1.54, 1.807) is 0 Å². The van der Waals surface area contributed by atoms with E-state index in [9.17, 15) is 0 Å². The Morgan fingerprint density at radius 1 is 1.20 bits per heavy atom. The third-order valence-electron chi connectivity index (χ3n) is 4.06. The fraction of sp³-hybridized carbons (Fsp3) is 0.625. The van der Waals surface area contributed by atoms with E-state index in [0.717, 1.165) is 28.7 Å². The zero-order valence-electron chi connectivity index (χ0n) is 12.3. The van der Waals surface area contributed by atoms with Crippen molar-refractivity contribution in [3.63, 3.8) is 0 Å². The van der Waals surface area contributed by atoms with Crippen molar-refractivity contribution < 1.29 is 0 Å². The zero-order chi connectivity index (χ0) is 14.5. The Kier molecular flexibility index (Phi) is 6.16. The van der Waals surface area contributed by atoms with Crippen molar-refractivity contribution >= 4 is 23.2 Å². The Balaban J connectivity index is 1.88. The molecule has 0 amide bonds. The van der Waals surface area contributed by atoms with Gasteiger partial charge in [0.15, 0.2) is 0 Å². The van der Waals surface area contributed by atoms with Gasteiger partial charge in [-0.25, -0.2) is 0 Å². The number of hydrogen-bond acceptors (Lipinski definition) is 2. The molecule has 112 valence electrons. The molecule has 1 N–H and O–H groups in total. The second kappa shape index (κ2) is 7.65. The van der Waals surface area contributed by atoms with E-state index in [-0.39, 0.29) is 0 Å². The largest absolute Gasteiger partial charge is 0.311 e. The van der Waals surface area contributed by atoms with Gasteiger partial charge < -0.3 is 5.32 Å². The van der Waals surface area contributed by atoms with Gasteiger partial charge in [-0.2, -0.15) is 0 Å². The second-order valence-corrected chi connectivity index (χ2v) is 6.76. The zero-order valence-corrected chi connectivity index (χ0v) is 13.8. The molecule has 1 aliphatic rings. The van der Waals surface area contributed by atoms with Crippen molar-refractivity contribution in [2.75, 3.05) is 19.6 Å². The minimum absolute atomic E-state index is 0.607. The summed E-state index contributed by atoms with van der Waals surface area (Å²) in [6, 6.07) is 6.24. The molecule has 1 aromatic rings. The van der Waals surface area contributed by atoms with Crippen LogP contribution in [0, 0.1) is 5.92 Å². The van der Waals surface area contributed by atoms with Crippen LogP contribution < -0.4 is 5.32 Å². The van der Waals surface area contributed by atoms with Crippen LogP contribution in [-0.2, 0) is 6.54 Å². The standard InChI is InChI=1S/C16H24Cl2N2/c1-12(2)16(20-7-3-4-8-20)11-19-10-13-9-14(17)5-6-15(13)18/h5-6,9,12,16,19H,3-4,7-8,10-11H2,1-2H3. The minimum Gasteiger partial charge on any atom is -0.311 e. The lowest BCUT2D eigenvalue weighted by Gasteiger charge is -2.31. The van der Waals surface area contributed by atoms with Crippen LogP contribution in [0.1, 0.15) is 32.3 Å². The average molecular weight is 315 g/mol. The van der Waals surface area contributed by atoms with Crippen molar-refractivity contribution in [2.24, 2.45) is 5.92 Å². The number of benzene rings is 1. The maximum absolute atomic E-state index is 6.19. The van der Waals surface area contributed by atoms with Crippen molar-refractivity contribution in [3.05, 3.63) is 33.8 Å². The number of halogens is 2. The summed E-state index contributed by atoms with van der Waals surface area (Å²) in [6.07, 6.45) is 2.67. The van der Waals surface area contributed by atoms with Gasteiger partial charge in [0.25, 0.3) is 0 Å². The highest BCUT2D eigenvalue weighted by Crippen LogP contribution is 2.21. The van der Waals surface area contributed by atoms with Gasteiger partial charge in [0.2, 0.25) is 0 Å². The number of likely N-dealkylation sites (tertiary alicyclic amines) is 1. The quantitative estimate of drug-likeness (QED) is 0.846. The molecule has 1 aliphatic heterocycles. The maximum atomic E-state index is 6.19. The second-order valence-electron chi connectivity index (χ2n) is 5.92. The van der Waals surface area contributed by atoms with Gasteiger partial charge in [-0.15, -0.1) is 0 Å². The Hall–Kier alpha value is -0.280. The summed E-state index contributed by atoms with van der Waals surface area (Å²) >= 11 is 12.2. The van der Waals surface area contributed by atoms with Gasteiger partial charge in [-0.3, -0.25) is 4.90 Å². The first-order valence-corrected chi connectivity index (χ1v) is 8.22. The summed E-state index contributed by atoms with van der Waals surface area (Å²) in [5.41, 5.74) is 1.07. The molecule has 4 heteroatoms. The number of hydrogen-bond donors (Lipinski definition) is 1. The van der Waals surface area contributed by atoms with Crippen LogP contribution in [0.2, 0.25) is 10.0 Å². The van der Waals surface area contributed by atoms with E-state index in [4.69, 9.17) is 23.2 Å². The first-order valence-electron chi connectivity index (χ1n) is 7.46. The lowest BCUT2D eigenvalue weighted by Crippen LogP contribution is -2.44. The average Bonchev–Trinajstić information content (AvgIpc) is 2.91. The Morgan fingerprint density at radius 3 is 2.55 bits per heavy atom. The molecular formula is C16H24Cl2N2. The molecule has 1 aromatic carbocycles. The molecule has 1 saturated heterocycles. The molecule has 0 spiro atoms. The molecular weight excluding hydrogens is 291 g/mol. The van der Waals surface area contributed by atoms with Crippen molar-refractivity contribution in [2.45, 2.75) is 39.3 Å². The number of nitrogens with zero attached hydrogens (tertiary/aromatic N) is 1. The lowest BCUT2D eigenvalue weighted by atomic mass is 10.0. The van der Waals surface area contributed by atoms with E-state index >= 15 is 0 Å². The minimum atomic E-state index is 0.607. The van der Waals surface area contributed by atoms with Crippen LogP contribution in [0.3, 0.4) is 0 Å². The molecule has 2 nitrogen and oxygen atoms in total. The molecule has 0 saturated carbocycles. The predicted molar refractivity (Wildman–Crippen MR) is 87.6 cm³/mol. The van der Waals surface area contributed by atoms with Crippen molar-refractivity contribution in [3.8, 4) is 0 Å². The van der Waals surface area contributed by atoms with Crippen LogP contribution in [0.4, 0.5) is 0 Å². The van der Waals surface area contributed by atoms with E-state index in [2.05, 4.69) is 24.1 Å². The molecule has 2 rings (SSSR count). The first-order chi connectivity index (χ1) is 9.58. The highest BCUT2D eigenvalue weighted by atomic mass is 35.5. The van der Waals surface area contributed by atoms with Crippen LogP contribution in [0.15, 0.2) is 18.2 Å². The highest BCUT2D eigenvalue weighted by Gasteiger charge is 2.24. The Morgan fingerprint density at radius 2 is 1.90 bits per heavy atom. The Labute approximate surface area is 132 Å². The van der Waals surface area contributed by atoms with Crippen LogP contribution in [0.5, 0.6) is 0 Å². The molecule has 1 atom stereocenters. The van der Waals surface area contributed by atoms with Crippen molar-refractivity contribution in [1.82, 2.24) is 10.2 Å². The van der Waals surface area contributed by atoms with Crippen LogP contribution in [-0.4, -0.2) is 30.6 Å². The van der Waals surface area contributed by atoms with Gasteiger partial charge in [0.05, 0.1) is 0 Å². The molecule has 1 heterocycles. The Bertz CT molecular complexity index is 428. The third kappa shape index (κ3) is 4.36. The molecule has 0 aliphatic carbocycles. The van der Waals surface area contributed by atoms with Gasteiger partial charge in [0.1, 0.15) is 0 Å². The van der Waals surface area contributed by atoms with Gasteiger partial charge in [-0.1, -0.05) is 37.0 Å². The maximum Gasteiger partial charge on any atom is 0.0451 e. The summed E-state index contributed by atoms with van der Waals surface area (Å²) in [4.78, 5) is 2.61. The highest BCUT2D eigenvalue weighted by molar-refractivity contribution is 6.33. The normalized spacial score (nSPS) is 17.9. The van der Waals surface area contributed by atoms with E-state index in [1.165, 1.54) is 25.9 Å². The summed E-state index contributed by atoms with van der Waals surface area (Å²) in [7, 11) is 0. The summed E-state index contributed by atoms with van der Waals surface area (Å²) < 4.78 is 0. The summed E-state index contributed by atoms with van der Waals surface area (Å²) in [5, 5.41) is 5.07. The predicted octanol–water partition coefficient (Wildman–Crippen LogP) is 4.20. The van der Waals surface area contributed by atoms with E-state index < -0.39 is 0 Å². The molecule has 20 heavy (non-hydrogen) atoms. The van der Waals surface area contributed by atoms with Gasteiger partial charge in [0, 0.05) is 29.2 Å². The van der Waals surface area contributed by atoms with Gasteiger partial charge in [-0.05, 0) is 55.6 Å². The van der Waals surface area contributed by atoms with Crippen molar-refractivity contribution in [1.29, 1.82) is 0 Å². The fourth-order valence-corrected chi connectivity index (χ4v) is 3.27. The first kappa shape index (κ1) is 16.1. The van der Waals surface area contributed by atoms with Crippen LogP contribution in [0.25, 0.3) is 0 Å². The topological polar surface area (TPSA) is 15.3 Å². The lowest BCUT2D eigenvalue weighted by molar-refractivity contribution is 0.186. The van der Waals surface area contributed by atoms with E-state index in [1.807, 2.05) is 18.2 Å². The molecule has 0 radical (unpaired) electrons. The molecule has 1 fully saturated rings.